The lowest BCUT2D eigenvalue weighted by molar-refractivity contribution is -0.140. The number of hydrogen-bond donors (Lipinski definition) is 0. The summed E-state index contributed by atoms with van der Waals surface area (Å²) in [6.45, 7) is 5.86. The first-order valence-corrected chi connectivity index (χ1v) is 9.37. The van der Waals surface area contributed by atoms with Gasteiger partial charge in [0.25, 0.3) is 0 Å². The first kappa shape index (κ1) is 22.2. The van der Waals surface area contributed by atoms with Crippen molar-refractivity contribution in [2.24, 2.45) is 0 Å². The number of rotatable bonds is 9. The van der Waals surface area contributed by atoms with Crippen molar-refractivity contribution in [3.8, 4) is 5.75 Å². The lowest BCUT2D eigenvalue weighted by Crippen LogP contribution is -2.15. The monoisotopic (exact) mass is 401 g/mol. The Hall–Kier alpha value is -3.09. The Morgan fingerprint density at radius 1 is 1.03 bits per heavy atom. The number of Topliss-reactive ketones (excluding diaryl/α,β-unsaturated/α-hetero) is 1. The van der Waals surface area contributed by atoms with Gasteiger partial charge in [-0.15, -0.1) is 0 Å². The van der Waals surface area contributed by atoms with Gasteiger partial charge in [0, 0.05) is 29.9 Å². The molecule has 0 N–H and O–H groups in total. The van der Waals surface area contributed by atoms with Crippen LogP contribution in [0.3, 0.4) is 0 Å². The molecule has 1 aromatic heterocycles. The summed E-state index contributed by atoms with van der Waals surface area (Å²) < 4.78 is 17.0. The fourth-order valence-electron chi connectivity index (χ4n) is 3.15. The average molecular weight is 401 g/mol. The zero-order chi connectivity index (χ0) is 21.6. The molecule has 0 saturated heterocycles. The number of ether oxygens (including phenoxy) is 3. The Bertz CT molecular complexity index is 912. The Balaban J connectivity index is 2.01. The third-order valence-electron chi connectivity index (χ3n) is 4.84. The van der Waals surface area contributed by atoms with Gasteiger partial charge in [-0.25, -0.2) is 4.79 Å². The molecule has 29 heavy (non-hydrogen) atoms. The zero-order valence-electron chi connectivity index (χ0n) is 17.5. The molecule has 2 rings (SSSR count). The van der Waals surface area contributed by atoms with E-state index in [1.807, 2.05) is 25.3 Å². The Labute approximate surface area is 170 Å². The van der Waals surface area contributed by atoms with Gasteiger partial charge in [0.2, 0.25) is 5.78 Å². The predicted octanol–water partition coefficient (Wildman–Crippen LogP) is 3.41. The number of esters is 2. The van der Waals surface area contributed by atoms with E-state index in [1.54, 1.807) is 24.3 Å². The van der Waals surface area contributed by atoms with E-state index in [2.05, 4.69) is 4.74 Å². The molecule has 0 aliphatic rings. The van der Waals surface area contributed by atoms with Crippen LogP contribution in [0.1, 0.15) is 50.5 Å². The normalized spacial score (nSPS) is 10.5. The van der Waals surface area contributed by atoms with E-state index < -0.39 is 5.97 Å². The van der Waals surface area contributed by atoms with Crippen molar-refractivity contribution in [1.82, 2.24) is 4.57 Å². The van der Waals surface area contributed by atoms with Gasteiger partial charge < -0.3 is 18.8 Å². The number of aromatic nitrogens is 1. The Morgan fingerprint density at radius 2 is 1.76 bits per heavy atom. The van der Waals surface area contributed by atoms with Crippen LogP contribution in [0.15, 0.2) is 24.3 Å². The van der Waals surface area contributed by atoms with Crippen LogP contribution in [0.5, 0.6) is 5.75 Å². The first-order valence-electron chi connectivity index (χ1n) is 9.37. The summed E-state index contributed by atoms with van der Waals surface area (Å²) in [7, 11) is 2.89. The second-order valence-corrected chi connectivity index (χ2v) is 6.80. The SMILES string of the molecule is COC(=O)CCCn1c(C)cc(C(=O)COC(=O)c2ccc(C)c(OC)c2)c1C. The highest BCUT2D eigenvalue weighted by molar-refractivity contribution is 6.00. The minimum absolute atomic E-state index is 0.261. The van der Waals surface area contributed by atoms with E-state index in [0.717, 1.165) is 17.0 Å². The number of nitrogens with zero attached hydrogens (tertiary/aromatic N) is 1. The molecule has 0 aliphatic carbocycles. The number of carbonyl (C=O) groups is 3. The van der Waals surface area contributed by atoms with Gasteiger partial charge in [0.1, 0.15) is 5.75 Å². The van der Waals surface area contributed by atoms with Crippen LogP contribution >= 0.6 is 0 Å². The molecule has 0 spiro atoms. The molecule has 0 aliphatic heterocycles. The van der Waals surface area contributed by atoms with E-state index in [9.17, 15) is 14.4 Å². The molecule has 0 unspecified atom stereocenters. The van der Waals surface area contributed by atoms with E-state index in [1.165, 1.54) is 14.2 Å². The summed E-state index contributed by atoms with van der Waals surface area (Å²) in [4.78, 5) is 36.1. The number of ketones is 1. The predicted molar refractivity (Wildman–Crippen MR) is 108 cm³/mol. The average Bonchev–Trinajstić information content (AvgIpc) is 3.00. The second-order valence-electron chi connectivity index (χ2n) is 6.80. The lowest BCUT2D eigenvalue weighted by atomic mass is 10.1. The van der Waals surface area contributed by atoms with Crippen molar-refractivity contribution in [1.29, 1.82) is 0 Å². The van der Waals surface area contributed by atoms with Gasteiger partial charge in [-0.1, -0.05) is 6.07 Å². The summed E-state index contributed by atoms with van der Waals surface area (Å²) in [6, 6.07) is 6.77. The van der Waals surface area contributed by atoms with Gasteiger partial charge in [-0.3, -0.25) is 9.59 Å². The van der Waals surface area contributed by atoms with Crippen molar-refractivity contribution >= 4 is 17.7 Å². The van der Waals surface area contributed by atoms with Gasteiger partial charge in [0.15, 0.2) is 6.61 Å². The third-order valence-corrected chi connectivity index (χ3v) is 4.84. The standard InChI is InChI=1S/C22H27NO6/c1-14-8-9-17(12-20(14)27-4)22(26)29-13-19(24)18-11-15(2)23(16(18)3)10-6-7-21(25)28-5/h8-9,11-12H,6-7,10,13H2,1-5H3. The molecule has 0 atom stereocenters. The molecule has 0 bridgehead atoms. The molecule has 0 fully saturated rings. The Kier molecular flexibility index (Phi) is 7.59. The van der Waals surface area contributed by atoms with Crippen molar-refractivity contribution in [2.45, 2.75) is 40.2 Å². The maximum atomic E-state index is 12.6. The molecule has 0 saturated carbocycles. The largest absolute Gasteiger partial charge is 0.496 e. The topological polar surface area (TPSA) is 83.8 Å². The number of methoxy groups -OCH3 is 2. The lowest BCUT2D eigenvalue weighted by Gasteiger charge is -2.10. The van der Waals surface area contributed by atoms with Crippen molar-refractivity contribution in [2.75, 3.05) is 20.8 Å². The molecular formula is C22H27NO6. The molecule has 0 radical (unpaired) electrons. The Morgan fingerprint density at radius 3 is 2.41 bits per heavy atom. The molecule has 0 amide bonds. The maximum Gasteiger partial charge on any atom is 0.338 e. The van der Waals surface area contributed by atoms with Gasteiger partial charge in [-0.05, 0) is 51.0 Å². The smallest absolute Gasteiger partial charge is 0.338 e. The molecule has 2 aromatic rings. The van der Waals surface area contributed by atoms with Crippen molar-refractivity contribution in [3.63, 3.8) is 0 Å². The van der Waals surface area contributed by atoms with Crippen LogP contribution in [0.25, 0.3) is 0 Å². The number of carbonyl (C=O) groups excluding carboxylic acids is 3. The van der Waals surface area contributed by atoms with Crippen LogP contribution < -0.4 is 4.74 Å². The zero-order valence-corrected chi connectivity index (χ0v) is 17.5. The number of hydrogen-bond acceptors (Lipinski definition) is 6. The molecule has 1 heterocycles. The molecule has 156 valence electrons. The van der Waals surface area contributed by atoms with Gasteiger partial charge in [-0.2, -0.15) is 0 Å². The van der Waals surface area contributed by atoms with E-state index in [4.69, 9.17) is 9.47 Å². The highest BCUT2D eigenvalue weighted by Gasteiger charge is 2.18. The molecular weight excluding hydrogens is 374 g/mol. The van der Waals surface area contributed by atoms with Gasteiger partial charge >= 0.3 is 11.9 Å². The van der Waals surface area contributed by atoms with Crippen LogP contribution in [-0.4, -0.2) is 43.1 Å². The summed E-state index contributed by atoms with van der Waals surface area (Å²) in [5.41, 5.74) is 3.43. The minimum Gasteiger partial charge on any atom is -0.496 e. The first-order chi connectivity index (χ1) is 13.8. The van der Waals surface area contributed by atoms with Crippen LogP contribution in [0.2, 0.25) is 0 Å². The summed E-state index contributed by atoms with van der Waals surface area (Å²) in [5.74, 6) is -0.530. The molecule has 7 nitrogen and oxygen atoms in total. The summed E-state index contributed by atoms with van der Waals surface area (Å²) in [6.07, 6.45) is 0.926. The second kappa shape index (κ2) is 9.91. The molecule has 1 aromatic carbocycles. The highest BCUT2D eigenvalue weighted by Crippen LogP contribution is 2.20. The van der Waals surface area contributed by atoms with Crippen LogP contribution in [0.4, 0.5) is 0 Å². The van der Waals surface area contributed by atoms with E-state index in [-0.39, 0.29) is 18.4 Å². The van der Waals surface area contributed by atoms with Crippen molar-refractivity contribution in [3.05, 3.63) is 52.3 Å². The van der Waals surface area contributed by atoms with E-state index >= 15 is 0 Å². The minimum atomic E-state index is -0.580. The van der Waals surface area contributed by atoms with Crippen molar-refractivity contribution < 1.29 is 28.6 Å². The van der Waals surface area contributed by atoms with E-state index in [0.29, 0.717) is 36.3 Å². The number of aryl methyl sites for hydroxylation is 2. The summed E-state index contributed by atoms with van der Waals surface area (Å²) in [5, 5.41) is 0. The maximum absolute atomic E-state index is 12.6. The van der Waals surface area contributed by atoms with Crippen LogP contribution in [-0.2, 0) is 20.8 Å². The van der Waals surface area contributed by atoms with Crippen LogP contribution in [0, 0.1) is 20.8 Å². The van der Waals surface area contributed by atoms with Gasteiger partial charge in [0.05, 0.1) is 19.8 Å². The fourth-order valence-corrected chi connectivity index (χ4v) is 3.15. The number of benzene rings is 1. The summed E-state index contributed by atoms with van der Waals surface area (Å²) >= 11 is 0. The quantitative estimate of drug-likeness (QED) is 0.473. The highest BCUT2D eigenvalue weighted by atomic mass is 16.5. The fraction of sp³-hybridized carbons (Fsp3) is 0.409. The third kappa shape index (κ3) is 5.47. The molecule has 7 heteroatoms.